The zero-order valence-corrected chi connectivity index (χ0v) is 10.8. The fraction of sp³-hybridized carbons (Fsp3) is 0.267. The second-order valence-corrected chi connectivity index (χ2v) is 4.90. The van der Waals surface area contributed by atoms with Crippen LogP contribution in [0.1, 0.15) is 18.2 Å². The molecule has 3 heterocycles. The van der Waals surface area contributed by atoms with Gasteiger partial charge < -0.3 is 9.26 Å². The van der Waals surface area contributed by atoms with Gasteiger partial charge in [0, 0.05) is 24.1 Å². The van der Waals surface area contributed by atoms with Crippen LogP contribution >= 0.6 is 0 Å². The normalized spacial score (nSPS) is 18.7. The van der Waals surface area contributed by atoms with Crippen LogP contribution in [0.4, 0.5) is 0 Å². The minimum atomic E-state index is 0.246. The number of hydrogen-bond donors (Lipinski definition) is 0. The van der Waals surface area contributed by atoms with Crippen molar-refractivity contribution in [3.63, 3.8) is 0 Å². The van der Waals surface area contributed by atoms with Crippen LogP contribution in [0.5, 0.6) is 0 Å². The predicted octanol–water partition coefficient (Wildman–Crippen LogP) is 2.79. The fourth-order valence-corrected chi connectivity index (χ4v) is 2.53. The highest BCUT2D eigenvalue weighted by Gasteiger charge is 2.23. The smallest absolute Gasteiger partial charge is 0.260 e. The lowest BCUT2D eigenvalue weighted by Crippen LogP contribution is -1.99. The van der Waals surface area contributed by atoms with Gasteiger partial charge in [0.15, 0.2) is 5.82 Å². The molecule has 1 aromatic carbocycles. The van der Waals surface area contributed by atoms with Gasteiger partial charge in [-0.3, -0.25) is 4.98 Å². The summed E-state index contributed by atoms with van der Waals surface area (Å²) in [6, 6.07) is 9.89. The third-order valence-corrected chi connectivity index (χ3v) is 3.60. The van der Waals surface area contributed by atoms with E-state index < -0.39 is 0 Å². The third-order valence-electron chi connectivity index (χ3n) is 3.60. The first-order valence-electron chi connectivity index (χ1n) is 6.67. The second kappa shape index (κ2) is 4.68. The Hall–Kier alpha value is -2.27. The molecule has 0 radical (unpaired) electrons. The summed E-state index contributed by atoms with van der Waals surface area (Å²) < 4.78 is 10.8. The molecule has 100 valence electrons. The standard InChI is InChI=1S/C15H13N3O2/c1-3-10-4-2-7-16-13(10)12(5-1)15-17-14(18-20-15)11-6-8-19-9-11/h1-5,7,11H,6,8-9H2/t11-/m0/s1. The molecule has 5 nitrogen and oxygen atoms in total. The van der Waals surface area contributed by atoms with Gasteiger partial charge in [-0.25, -0.2) is 0 Å². The number of ether oxygens (including phenoxy) is 1. The van der Waals surface area contributed by atoms with Crippen molar-refractivity contribution in [3.8, 4) is 11.5 Å². The van der Waals surface area contributed by atoms with E-state index in [9.17, 15) is 0 Å². The summed E-state index contributed by atoms with van der Waals surface area (Å²) in [5, 5.41) is 5.15. The van der Waals surface area contributed by atoms with E-state index in [1.165, 1.54) is 0 Å². The fourth-order valence-electron chi connectivity index (χ4n) is 2.53. The molecule has 3 aromatic rings. The van der Waals surface area contributed by atoms with Gasteiger partial charge in [0.25, 0.3) is 5.89 Å². The van der Waals surface area contributed by atoms with Crippen molar-refractivity contribution in [2.24, 2.45) is 0 Å². The van der Waals surface area contributed by atoms with Crippen molar-refractivity contribution in [2.45, 2.75) is 12.3 Å². The molecule has 1 atom stereocenters. The molecule has 1 saturated heterocycles. The zero-order chi connectivity index (χ0) is 13.4. The number of rotatable bonds is 2. The molecule has 0 spiro atoms. The molecule has 0 aliphatic carbocycles. The van der Waals surface area contributed by atoms with E-state index in [0.717, 1.165) is 35.3 Å². The molecular weight excluding hydrogens is 254 g/mol. The van der Waals surface area contributed by atoms with Crippen LogP contribution in [0.25, 0.3) is 22.4 Å². The minimum Gasteiger partial charge on any atom is -0.381 e. The molecule has 0 amide bonds. The van der Waals surface area contributed by atoms with Crippen molar-refractivity contribution in [1.82, 2.24) is 15.1 Å². The minimum absolute atomic E-state index is 0.246. The van der Waals surface area contributed by atoms with Gasteiger partial charge in [0.1, 0.15) is 0 Å². The van der Waals surface area contributed by atoms with Crippen molar-refractivity contribution < 1.29 is 9.26 Å². The average Bonchev–Trinajstić information content (AvgIpc) is 3.17. The summed E-state index contributed by atoms with van der Waals surface area (Å²) in [4.78, 5) is 8.93. The second-order valence-electron chi connectivity index (χ2n) is 4.90. The Kier molecular flexibility index (Phi) is 2.70. The largest absolute Gasteiger partial charge is 0.381 e. The highest BCUT2D eigenvalue weighted by molar-refractivity contribution is 5.91. The highest BCUT2D eigenvalue weighted by Crippen LogP contribution is 2.28. The summed E-state index contributed by atoms with van der Waals surface area (Å²) in [5.74, 6) is 1.50. The maximum atomic E-state index is 5.41. The molecule has 1 aliphatic heterocycles. The Labute approximate surface area is 115 Å². The van der Waals surface area contributed by atoms with E-state index in [4.69, 9.17) is 9.26 Å². The number of para-hydroxylation sites is 1. The molecule has 1 fully saturated rings. The Bertz CT molecular complexity index is 742. The Morgan fingerprint density at radius 2 is 2.10 bits per heavy atom. The molecule has 0 saturated carbocycles. The van der Waals surface area contributed by atoms with E-state index in [-0.39, 0.29) is 5.92 Å². The maximum Gasteiger partial charge on any atom is 0.260 e. The van der Waals surface area contributed by atoms with Gasteiger partial charge in [-0.15, -0.1) is 0 Å². The number of aromatic nitrogens is 3. The van der Waals surface area contributed by atoms with Crippen LogP contribution in [0.3, 0.4) is 0 Å². The topological polar surface area (TPSA) is 61.0 Å². The summed E-state index contributed by atoms with van der Waals surface area (Å²) >= 11 is 0. The first-order chi connectivity index (χ1) is 9.92. The number of nitrogens with zero attached hydrogens (tertiary/aromatic N) is 3. The number of hydrogen-bond acceptors (Lipinski definition) is 5. The van der Waals surface area contributed by atoms with E-state index in [1.807, 2.05) is 30.3 Å². The third kappa shape index (κ3) is 1.87. The van der Waals surface area contributed by atoms with Crippen LogP contribution in [0.15, 0.2) is 41.1 Å². The molecule has 4 rings (SSSR count). The molecule has 5 heteroatoms. The van der Waals surface area contributed by atoms with Crippen LogP contribution in [-0.4, -0.2) is 28.3 Å². The summed E-state index contributed by atoms with van der Waals surface area (Å²) in [7, 11) is 0. The summed E-state index contributed by atoms with van der Waals surface area (Å²) in [6.45, 7) is 1.44. The molecule has 20 heavy (non-hydrogen) atoms. The van der Waals surface area contributed by atoms with Crippen LogP contribution < -0.4 is 0 Å². The maximum absolute atomic E-state index is 5.41. The first-order valence-corrected chi connectivity index (χ1v) is 6.67. The van der Waals surface area contributed by atoms with Gasteiger partial charge in [0.05, 0.1) is 17.7 Å². The lowest BCUT2D eigenvalue weighted by molar-refractivity contribution is 0.192. The molecular formula is C15H13N3O2. The van der Waals surface area contributed by atoms with Crippen LogP contribution in [0, 0.1) is 0 Å². The van der Waals surface area contributed by atoms with Crippen LogP contribution in [0.2, 0.25) is 0 Å². The molecule has 0 N–H and O–H groups in total. The van der Waals surface area contributed by atoms with Crippen molar-refractivity contribution in [2.75, 3.05) is 13.2 Å². The van der Waals surface area contributed by atoms with Gasteiger partial charge >= 0.3 is 0 Å². The quantitative estimate of drug-likeness (QED) is 0.714. The van der Waals surface area contributed by atoms with Crippen molar-refractivity contribution in [3.05, 3.63) is 42.4 Å². The number of pyridine rings is 1. The number of fused-ring (bicyclic) bond motifs is 1. The van der Waals surface area contributed by atoms with E-state index >= 15 is 0 Å². The predicted molar refractivity (Wildman–Crippen MR) is 73.2 cm³/mol. The van der Waals surface area contributed by atoms with Gasteiger partial charge in [-0.1, -0.05) is 23.4 Å². The Morgan fingerprint density at radius 3 is 3.00 bits per heavy atom. The lowest BCUT2D eigenvalue weighted by Gasteiger charge is -2.00. The molecule has 0 unspecified atom stereocenters. The Morgan fingerprint density at radius 1 is 1.15 bits per heavy atom. The Balaban J connectivity index is 1.79. The van der Waals surface area contributed by atoms with E-state index in [0.29, 0.717) is 12.5 Å². The van der Waals surface area contributed by atoms with Crippen LogP contribution in [-0.2, 0) is 4.74 Å². The molecule has 0 bridgehead atoms. The van der Waals surface area contributed by atoms with Crippen molar-refractivity contribution >= 4 is 10.9 Å². The van der Waals surface area contributed by atoms with E-state index in [2.05, 4.69) is 15.1 Å². The lowest BCUT2D eigenvalue weighted by atomic mass is 10.1. The monoisotopic (exact) mass is 267 g/mol. The summed E-state index contributed by atoms with van der Waals surface area (Å²) in [5.41, 5.74) is 1.76. The molecule has 1 aliphatic rings. The van der Waals surface area contributed by atoms with Gasteiger partial charge in [-0.05, 0) is 18.6 Å². The first kappa shape index (κ1) is 11.5. The SMILES string of the molecule is c1cnc2c(-c3nc([C@H]4CCOC4)no3)cccc2c1. The van der Waals surface area contributed by atoms with Gasteiger partial charge in [0.2, 0.25) is 0 Å². The summed E-state index contributed by atoms with van der Waals surface area (Å²) in [6.07, 6.45) is 2.72. The zero-order valence-electron chi connectivity index (χ0n) is 10.8. The molecule has 2 aromatic heterocycles. The average molecular weight is 267 g/mol. The van der Waals surface area contributed by atoms with E-state index in [1.54, 1.807) is 6.20 Å². The number of benzene rings is 1. The van der Waals surface area contributed by atoms with Gasteiger partial charge in [-0.2, -0.15) is 4.98 Å². The van der Waals surface area contributed by atoms with Crippen molar-refractivity contribution in [1.29, 1.82) is 0 Å². The highest BCUT2D eigenvalue weighted by atomic mass is 16.5.